The first kappa shape index (κ1) is 12.0. The number of ether oxygens (including phenoxy) is 1. The van der Waals surface area contributed by atoms with Gasteiger partial charge in [-0.05, 0) is 76.0 Å². The second-order valence-corrected chi connectivity index (χ2v) is 7.89. The first-order valence-electron chi connectivity index (χ1n) is 7.91. The predicted molar refractivity (Wildman–Crippen MR) is 73.4 cm³/mol. The average Bonchev–Trinajstić information content (AvgIpc) is 3.06. The molecule has 2 nitrogen and oxygen atoms in total. The fourth-order valence-electron chi connectivity index (χ4n) is 5.34. The minimum absolute atomic E-state index is 0.0828. The second-order valence-electron chi connectivity index (χ2n) is 7.89. The summed E-state index contributed by atoms with van der Waals surface area (Å²) in [5, 5.41) is 0. The van der Waals surface area contributed by atoms with Crippen molar-refractivity contribution in [1.29, 1.82) is 0 Å². The van der Waals surface area contributed by atoms with E-state index in [-0.39, 0.29) is 17.0 Å². The van der Waals surface area contributed by atoms with Crippen LogP contribution in [0.15, 0.2) is 12.2 Å². The minimum Gasteiger partial charge on any atom is -0.459 e. The summed E-state index contributed by atoms with van der Waals surface area (Å²) in [4.78, 5) is 12.7. The summed E-state index contributed by atoms with van der Waals surface area (Å²) >= 11 is 0. The number of esters is 1. The third kappa shape index (κ3) is 1.58. The fourth-order valence-corrected chi connectivity index (χ4v) is 5.34. The highest BCUT2D eigenvalue weighted by molar-refractivity contribution is 5.78. The van der Waals surface area contributed by atoms with Crippen molar-refractivity contribution in [3.8, 4) is 0 Å². The maximum Gasteiger partial charge on any atom is 0.312 e. The van der Waals surface area contributed by atoms with E-state index in [4.69, 9.17) is 4.74 Å². The van der Waals surface area contributed by atoms with Gasteiger partial charge in [-0.3, -0.25) is 4.79 Å². The molecular weight excluding hydrogens is 236 g/mol. The third-order valence-electron chi connectivity index (χ3n) is 6.57. The van der Waals surface area contributed by atoms with Crippen LogP contribution in [0, 0.1) is 29.1 Å². The van der Waals surface area contributed by atoms with Gasteiger partial charge >= 0.3 is 5.97 Å². The number of fused-ring (bicyclic) bond motifs is 4. The SMILES string of the molecule is CC1(OC(=O)C2(C)CC3C=CC2C3)CC2CCC1C2. The van der Waals surface area contributed by atoms with E-state index in [9.17, 15) is 4.79 Å². The smallest absolute Gasteiger partial charge is 0.312 e. The minimum atomic E-state index is -0.246. The standard InChI is InChI=1S/C17H24O2/c1-16(9-11-3-5-13(16)7-11)15(18)19-17(2)10-12-4-6-14(17)8-12/h3,5,11-14H,4,6-10H2,1-2H3. The van der Waals surface area contributed by atoms with Gasteiger partial charge in [-0.25, -0.2) is 0 Å². The van der Waals surface area contributed by atoms with E-state index < -0.39 is 0 Å². The molecule has 0 amide bonds. The Morgan fingerprint density at radius 3 is 2.53 bits per heavy atom. The molecule has 0 aromatic carbocycles. The van der Waals surface area contributed by atoms with E-state index >= 15 is 0 Å². The summed E-state index contributed by atoms with van der Waals surface area (Å²) in [7, 11) is 0. The molecule has 0 saturated heterocycles. The highest BCUT2D eigenvalue weighted by Gasteiger charge is 2.56. The number of hydrogen-bond donors (Lipinski definition) is 0. The van der Waals surface area contributed by atoms with Gasteiger partial charge in [0.15, 0.2) is 0 Å². The highest BCUT2D eigenvalue weighted by Crippen LogP contribution is 2.56. The van der Waals surface area contributed by atoms with Gasteiger partial charge in [-0.1, -0.05) is 12.2 Å². The first-order valence-corrected chi connectivity index (χ1v) is 7.91. The van der Waals surface area contributed by atoms with Crippen LogP contribution in [-0.4, -0.2) is 11.6 Å². The van der Waals surface area contributed by atoms with Crippen LogP contribution in [0.4, 0.5) is 0 Å². The van der Waals surface area contributed by atoms with Gasteiger partial charge in [0.2, 0.25) is 0 Å². The molecular formula is C17H24O2. The quantitative estimate of drug-likeness (QED) is 0.559. The number of allylic oxidation sites excluding steroid dienone is 2. The molecule has 3 fully saturated rings. The third-order valence-corrected chi connectivity index (χ3v) is 6.57. The summed E-state index contributed by atoms with van der Waals surface area (Å²) < 4.78 is 6.10. The maximum atomic E-state index is 12.7. The lowest BCUT2D eigenvalue weighted by atomic mass is 9.77. The number of carbonyl (C=O) groups excluding carboxylic acids is 1. The predicted octanol–water partition coefficient (Wildman–Crippen LogP) is 3.71. The molecule has 4 aliphatic carbocycles. The van der Waals surface area contributed by atoms with Crippen molar-refractivity contribution in [2.24, 2.45) is 29.1 Å². The van der Waals surface area contributed by atoms with E-state index in [0.29, 0.717) is 17.8 Å². The normalized spacial score (nSPS) is 54.0. The summed E-state index contributed by atoms with van der Waals surface area (Å²) in [5.41, 5.74) is -0.404. The van der Waals surface area contributed by atoms with Gasteiger partial charge in [0.1, 0.15) is 5.60 Å². The Morgan fingerprint density at radius 2 is 2.00 bits per heavy atom. The lowest BCUT2D eigenvalue weighted by Gasteiger charge is -2.38. The Morgan fingerprint density at radius 1 is 1.16 bits per heavy atom. The summed E-state index contributed by atoms with van der Waals surface area (Å²) in [6.45, 7) is 4.31. The molecule has 0 N–H and O–H groups in total. The van der Waals surface area contributed by atoms with Gasteiger partial charge in [-0.2, -0.15) is 0 Å². The van der Waals surface area contributed by atoms with Crippen LogP contribution in [0.5, 0.6) is 0 Å². The van der Waals surface area contributed by atoms with Crippen molar-refractivity contribution >= 4 is 5.97 Å². The molecule has 0 aliphatic heterocycles. The molecule has 0 aromatic heterocycles. The van der Waals surface area contributed by atoms with Gasteiger partial charge in [0.25, 0.3) is 0 Å². The molecule has 6 unspecified atom stereocenters. The van der Waals surface area contributed by atoms with E-state index in [1.54, 1.807) is 0 Å². The molecule has 104 valence electrons. The van der Waals surface area contributed by atoms with Crippen LogP contribution in [0.2, 0.25) is 0 Å². The Bertz CT molecular complexity index is 454. The highest BCUT2D eigenvalue weighted by atomic mass is 16.6. The van der Waals surface area contributed by atoms with E-state index in [0.717, 1.165) is 25.2 Å². The Balaban J connectivity index is 1.51. The molecule has 4 rings (SSSR count). The van der Waals surface area contributed by atoms with Gasteiger partial charge in [0, 0.05) is 0 Å². The molecule has 6 atom stereocenters. The van der Waals surface area contributed by atoms with Gasteiger partial charge in [-0.15, -0.1) is 0 Å². The molecule has 0 spiro atoms. The summed E-state index contributed by atoms with van der Waals surface area (Å²) in [6, 6.07) is 0. The lowest BCUT2D eigenvalue weighted by molar-refractivity contribution is -0.176. The Labute approximate surface area is 115 Å². The zero-order chi connectivity index (χ0) is 13.3. The first-order chi connectivity index (χ1) is 8.99. The summed E-state index contributed by atoms with van der Waals surface area (Å²) in [5.74, 6) is 2.57. The molecule has 3 saturated carbocycles. The zero-order valence-corrected chi connectivity index (χ0v) is 12.0. The van der Waals surface area contributed by atoms with Crippen LogP contribution in [-0.2, 0) is 9.53 Å². The van der Waals surface area contributed by atoms with Crippen LogP contribution >= 0.6 is 0 Å². The van der Waals surface area contributed by atoms with Crippen molar-refractivity contribution in [2.45, 2.75) is 58.0 Å². The van der Waals surface area contributed by atoms with Crippen molar-refractivity contribution in [3.63, 3.8) is 0 Å². The van der Waals surface area contributed by atoms with E-state index in [2.05, 4.69) is 26.0 Å². The molecule has 19 heavy (non-hydrogen) atoms. The summed E-state index contributed by atoms with van der Waals surface area (Å²) in [6.07, 6.45) is 11.7. The molecule has 0 radical (unpaired) electrons. The largest absolute Gasteiger partial charge is 0.459 e. The van der Waals surface area contributed by atoms with Gasteiger partial charge < -0.3 is 4.74 Å². The van der Waals surface area contributed by atoms with Crippen LogP contribution < -0.4 is 0 Å². The van der Waals surface area contributed by atoms with Crippen LogP contribution in [0.25, 0.3) is 0 Å². The van der Waals surface area contributed by atoms with Crippen molar-refractivity contribution < 1.29 is 9.53 Å². The van der Waals surface area contributed by atoms with E-state index in [1.807, 2.05) is 0 Å². The topological polar surface area (TPSA) is 26.3 Å². The number of carbonyl (C=O) groups is 1. The Kier molecular flexibility index (Phi) is 2.30. The molecule has 0 heterocycles. The maximum absolute atomic E-state index is 12.7. The zero-order valence-electron chi connectivity index (χ0n) is 12.0. The van der Waals surface area contributed by atoms with Crippen LogP contribution in [0.3, 0.4) is 0 Å². The van der Waals surface area contributed by atoms with Crippen LogP contribution in [0.1, 0.15) is 52.4 Å². The second kappa shape index (κ2) is 3.65. The van der Waals surface area contributed by atoms with Crippen molar-refractivity contribution in [2.75, 3.05) is 0 Å². The Hall–Kier alpha value is -0.790. The lowest BCUT2D eigenvalue weighted by Crippen LogP contribution is -2.43. The van der Waals surface area contributed by atoms with Crippen molar-refractivity contribution in [3.05, 3.63) is 12.2 Å². The fraction of sp³-hybridized carbons (Fsp3) is 0.824. The number of rotatable bonds is 2. The molecule has 0 aromatic rings. The molecule has 2 heteroatoms. The molecule has 4 aliphatic rings. The average molecular weight is 260 g/mol. The van der Waals surface area contributed by atoms with E-state index in [1.165, 1.54) is 19.3 Å². The monoisotopic (exact) mass is 260 g/mol. The van der Waals surface area contributed by atoms with Crippen molar-refractivity contribution in [1.82, 2.24) is 0 Å². The van der Waals surface area contributed by atoms with Gasteiger partial charge in [0.05, 0.1) is 5.41 Å². The molecule has 4 bridgehead atoms. The number of hydrogen-bond acceptors (Lipinski definition) is 2.